The van der Waals surface area contributed by atoms with Crippen LogP contribution in [0.5, 0.6) is 5.88 Å². The van der Waals surface area contributed by atoms with Crippen molar-refractivity contribution in [1.29, 1.82) is 0 Å². The highest BCUT2D eigenvalue weighted by Gasteiger charge is 2.30. The monoisotopic (exact) mass is 549 g/mol. The minimum absolute atomic E-state index is 0. The molecule has 10 heteroatoms. The number of guanidine groups is 1. The molecule has 2 N–H and O–H groups in total. The van der Waals surface area contributed by atoms with E-state index in [1.165, 1.54) is 0 Å². The number of likely N-dealkylation sites (tertiary alicyclic amines) is 1. The maximum atomic E-state index is 12.7. The van der Waals surface area contributed by atoms with Crippen LogP contribution in [0.15, 0.2) is 47.5 Å². The molecule has 1 fully saturated rings. The van der Waals surface area contributed by atoms with Crippen LogP contribution in [0.1, 0.15) is 23.2 Å². The van der Waals surface area contributed by atoms with Crippen molar-refractivity contribution in [2.75, 3.05) is 27.2 Å². The van der Waals surface area contributed by atoms with Crippen LogP contribution in [-0.2, 0) is 19.3 Å². The maximum Gasteiger partial charge on any atom is 0.416 e. The van der Waals surface area contributed by atoms with Gasteiger partial charge in [0.1, 0.15) is 0 Å². The molecule has 1 aromatic carbocycles. The first-order valence-corrected chi connectivity index (χ1v) is 9.73. The summed E-state index contributed by atoms with van der Waals surface area (Å²) in [4.78, 5) is 10.8. The van der Waals surface area contributed by atoms with Gasteiger partial charge in [0.15, 0.2) is 5.96 Å². The average Bonchev–Trinajstić information content (AvgIpc) is 3.17. The summed E-state index contributed by atoms with van der Waals surface area (Å²) in [5, 5.41) is 6.64. The van der Waals surface area contributed by atoms with E-state index in [9.17, 15) is 13.2 Å². The number of nitrogens with one attached hydrogen (secondary N) is 2. The lowest BCUT2D eigenvalue weighted by Crippen LogP contribution is -2.44. The lowest BCUT2D eigenvalue weighted by molar-refractivity contribution is -0.137. The summed E-state index contributed by atoms with van der Waals surface area (Å²) in [5.41, 5.74) is 1.09. The molecular formula is C21H27F3IN5O. The summed E-state index contributed by atoms with van der Waals surface area (Å²) < 4.78 is 43.2. The number of benzene rings is 1. The van der Waals surface area contributed by atoms with E-state index in [1.54, 1.807) is 32.4 Å². The topological polar surface area (TPSA) is 61.8 Å². The number of hydrogen-bond donors (Lipinski definition) is 2. The zero-order valence-corrected chi connectivity index (χ0v) is 19.8. The summed E-state index contributed by atoms with van der Waals surface area (Å²) in [6, 6.07) is 11.2. The number of aromatic nitrogens is 1. The van der Waals surface area contributed by atoms with E-state index >= 15 is 0 Å². The van der Waals surface area contributed by atoms with Gasteiger partial charge in [0.05, 0.1) is 24.9 Å². The number of methoxy groups -OCH3 is 1. The third-order valence-electron chi connectivity index (χ3n) is 4.95. The molecule has 1 aliphatic heterocycles. The first-order chi connectivity index (χ1) is 14.4. The summed E-state index contributed by atoms with van der Waals surface area (Å²) in [7, 11) is 3.29. The van der Waals surface area contributed by atoms with Crippen LogP contribution in [0.25, 0.3) is 0 Å². The molecule has 31 heavy (non-hydrogen) atoms. The number of pyridine rings is 1. The van der Waals surface area contributed by atoms with Crippen LogP contribution < -0.4 is 15.4 Å². The van der Waals surface area contributed by atoms with Gasteiger partial charge >= 0.3 is 6.18 Å². The number of hydrogen-bond acceptors (Lipinski definition) is 4. The summed E-state index contributed by atoms with van der Waals surface area (Å²) in [6.07, 6.45) is -3.37. The Bertz CT molecular complexity index is 861. The molecule has 6 nitrogen and oxygen atoms in total. The zero-order valence-electron chi connectivity index (χ0n) is 17.4. The van der Waals surface area contributed by atoms with Crippen LogP contribution in [0.2, 0.25) is 0 Å². The Kier molecular flexibility index (Phi) is 9.35. The molecule has 3 rings (SSSR count). The van der Waals surface area contributed by atoms with E-state index in [0.29, 0.717) is 24.9 Å². The smallest absolute Gasteiger partial charge is 0.416 e. The predicted octanol–water partition coefficient (Wildman–Crippen LogP) is 3.67. The van der Waals surface area contributed by atoms with Gasteiger partial charge in [0.2, 0.25) is 5.88 Å². The fourth-order valence-corrected chi connectivity index (χ4v) is 3.38. The molecule has 170 valence electrons. The Labute approximate surface area is 197 Å². The van der Waals surface area contributed by atoms with Gasteiger partial charge in [0, 0.05) is 38.8 Å². The largest absolute Gasteiger partial charge is 0.481 e. The second kappa shape index (κ2) is 11.5. The molecule has 0 amide bonds. The molecule has 2 aromatic rings. The molecule has 1 saturated heterocycles. The van der Waals surface area contributed by atoms with Crippen molar-refractivity contribution in [2.24, 2.45) is 4.99 Å². The van der Waals surface area contributed by atoms with E-state index in [1.807, 2.05) is 12.1 Å². The average molecular weight is 549 g/mol. The van der Waals surface area contributed by atoms with E-state index in [4.69, 9.17) is 4.74 Å². The molecule has 0 spiro atoms. The van der Waals surface area contributed by atoms with Crippen molar-refractivity contribution in [3.05, 3.63) is 59.3 Å². The molecule has 1 aliphatic rings. The second-order valence-corrected chi connectivity index (χ2v) is 7.16. The fraction of sp³-hybridized carbons (Fsp3) is 0.429. The summed E-state index contributed by atoms with van der Waals surface area (Å²) >= 11 is 0. The number of aliphatic imine (C=N–C) groups is 1. The molecule has 1 aromatic heterocycles. The van der Waals surface area contributed by atoms with Crippen molar-refractivity contribution < 1.29 is 17.9 Å². The maximum absolute atomic E-state index is 12.7. The SMILES string of the molecule is CN=C(NCc1cccc(OC)n1)NC1CCN(Cc2ccc(C(F)(F)F)cc2)C1.I. The Hall–Kier alpha value is -2.08. The molecule has 0 aliphatic carbocycles. The number of halogens is 4. The third-order valence-corrected chi connectivity index (χ3v) is 4.95. The minimum atomic E-state index is -4.30. The Morgan fingerprint density at radius 3 is 2.61 bits per heavy atom. The predicted molar refractivity (Wildman–Crippen MR) is 125 cm³/mol. The van der Waals surface area contributed by atoms with Crippen LogP contribution in [0.4, 0.5) is 13.2 Å². The summed E-state index contributed by atoms with van der Waals surface area (Å²) in [5.74, 6) is 1.24. The number of nitrogens with zero attached hydrogens (tertiary/aromatic N) is 3. The van der Waals surface area contributed by atoms with Crippen molar-refractivity contribution in [1.82, 2.24) is 20.5 Å². The molecule has 2 heterocycles. The molecule has 0 radical (unpaired) electrons. The number of alkyl halides is 3. The van der Waals surface area contributed by atoms with E-state index < -0.39 is 11.7 Å². The highest BCUT2D eigenvalue weighted by molar-refractivity contribution is 14.0. The van der Waals surface area contributed by atoms with Crippen molar-refractivity contribution in [3.63, 3.8) is 0 Å². The van der Waals surface area contributed by atoms with Crippen molar-refractivity contribution in [2.45, 2.75) is 31.7 Å². The lowest BCUT2D eigenvalue weighted by Gasteiger charge is -2.19. The van der Waals surface area contributed by atoms with Gasteiger partial charge < -0.3 is 15.4 Å². The highest BCUT2D eigenvalue weighted by Crippen LogP contribution is 2.29. The van der Waals surface area contributed by atoms with E-state index in [-0.39, 0.29) is 30.0 Å². The molecule has 1 atom stereocenters. The Morgan fingerprint density at radius 1 is 1.23 bits per heavy atom. The van der Waals surface area contributed by atoms with Gasteiger partial charge in [-0.2, -0.15) is 13.2 Å². The minimum Gasteiger partial charge on any atom is -0.481 e. The third kappa shape index (κ3) is 7.53. The first-order valence-electron chi connectivity index (χ1n) is 9.73. The zero-order chi connectivity index (χ0) is 21.6. The standard InChI is InChI=1S/C21H26F3N5O.HI/c1-25-20(26-12-17-4-3-5-19(27-17)30-2)28-18-10-11-29(14-18)13-15-6-8-16(9-7-15)21(22,23)24;/h3-9,18H,10-14H2,1-2H3,(H2,25,26,28);1H. The van der Waals surface area contributed by atoms with Gasteiger partial charge in [0.25, 0.3) is 0 Å². The fourth-order valence-electron chi connectivity index (χ4n) is 3.38. The molecular weight excluding hydrogens is 522 g/mol. The van der Waals surface area contributed by atoms with Gasteiger partial charge in [-0.15, -0.1) is 24.0 Å². The van der Waals surface area contributed by atoms with Crippen LogP contribution in [0, 0.1) is 0 Å². The molecule has 1 unspecified atom stereocenters. The second-order valence-electron chi connectivity index (χ2n) is 7.16. The normalized spacial score (nSPS) is 17.2. The Balaban J connectivity index is 0.00000341. The van der Waals surface area contributed by atoms with Crippen molar-refractivity contribution in [3.8, 4) is 5.88 Å². The van der Waals surface area contributed by atoms with Crippen LogP contribution in [-0.4, -0.2) is 49.1 Å². The lowest BCUT2D eigenvalue weighted by atomic mass is 10.1. The first kappa shape index (κ1) is 25.2. The van der Waals surface area contributed by atoms with Crippen LogP contribution in [0.3, 0.4) is 0 Å². The quantitative estimate of drug-likeness (QED) is 0.327. The van der Waals surface area contributed by atoms with E-state index in [0.717, 1.165) is 42.9 Å². The van der Waals surface area contributed by atoms with E-state index in [2.05, 4.69) is 25.5 Å². The van der Waals surface area contributed by atoms with Gasteiger partial charge in [-0.1, -0.05) is 18.2 Å². The summed E-state index contributed by atoms with van der Waals surface area (Å²) in [6.45, 7) is 2.79. The van der Waals surface area contributed by atoms with Gasteiger partial charge in [-0.3, -0.25) is 9.89 Å². The molecule has 0 saturated carbocycles. The van der Waals surface area contributed by atoms with Crippen LogP contribution >= 0.6 is 24.0 Å². The Morgan fingerprint density at radius 2 is 1.97 bits per heavy atom. The molecule has 0 bridgehead atoms. The van der Waals surface area contributed by atoms with Crippen molar-refractivity contribution >= 4 is 29.9 Å². The van der Waals surface area contributed by atoms with Gasteiger partial charge in [-0.05, 0) is 30.2 Å². The number of ether oxygens (including phenoxy) is 1. The highest BCUT2D eigenvalue weighted by atomic mass is 127. The number of rotatable bonds is 6. The van der Waals surface area contributed by atoms with Gasteiger partial charge in [-0.25, -0.2) is 4.98 Å².